The van der Waals surface area contributed by atoms with E-state index in [1.807, 2.05) is 35.2 Å². The lowest BCUT2D eigenvalue weighted by molar-refractivity contribution is -0.136. The normalized spacial score (nSPS) is 19.8. The molecule has 2 aliphatic heterocycles. The van der Waals surface area contributed by atoms with Gasteiger partial charge in [-0.25, -0.2) is 9.78 Å². The summed E-state index contributed by atoms with van der Waals surface area (Å²) in [5, 5.41) is 4.87. The number of carbonyl (C=O) groups excluding carboxylic acids is 2. The van der Waals surface area contributed by atoms with Crippen LogP contribution in [0.1, 0.15) is 43.1 Å². The van der Waals surface area contributed by atoms with Gasteiger partial charge in [0.1, 0.15) is 11.9 Å². The fourth-order valence-electron chi connectivity index (χ4n) is 5.19. The minimum atomic E-state index is -0.649. The van der Waals surface area contributed by atoms with E-state index in [2.05, 4.69) is 16.2 Å². The molecule has 2 aliphatic rings. The second kappa shape index (κ2) is 9.35. The lowest BCUT2D eigenvalue weighted by Crippen LogP contribution is -2.53. The lowest BCUT2D eigenvalue weighted by atomic mass is 9.90. The molecule has 2 amide bonds. The molecule has 3 aromatic rings. The minimum Gasteiger partial charge on any atom is -0.453 e. The molecule has 0 radical (unpaired) electrons. The second-order valence-corrected chi connectivity index (χ2v) is 8.92. The molecule has 2 saturated heterocycles. The number of H-pyrrole nitrogens is 1. The summed E-state index contributed by atoms with van der Waals surface area (Å²) in [6, 6.07) is 9.08. The molecule has 34 heavy (non-hydrogen) atoms. The molecule has 8 heteroatoms. The van der Waals surface area contributed by atoms with Crippen molar-refractivity contribution in [3.63, 3.8) is 0 Å². The fourth-order valence-corrected chi connectivity index (χ4v) is 5.19. The van der Waals surface area contributed by atoms with Crippen molar-refractivity contribution in [2.75, 3.05) is 26.9 Å². The molecule has 2 aromatic carbocycles. The number of aromatic nitrogens is 2. The highest BCUT2D eigenvalue weighted by Crippen LogP contribution is 2.35. The number of likely N-dealkylation sites (tertiary alicyclic amines) is 1. The Hall–Kier alpha value is -3.57. The van der Waals surface area contributed by atoms with E-state index >= 15 is 0 Å². The summed E-state index contributed by atoms with van der Waals surface area (Å²) in [5.74, 6) is 3.35. The zero-order chi connectivity index (χ0) is 23.7. The summed E-state index contributed by atoms with van der Waals surface area (Å²) >= 11 is 0. The van der Waals surface area contributed by atoms with Crippen LogP contribution in [-0.4, -0.2) is 59.8 Å². The van der Waals surface area contributed by atoms with Gasteiger partial charge < -0.3 is 24.7 Å². The third-order valence-corrected chi connectivity index (χ3v) is 6.97. The van der Waals surface area contributed by atoms with Gasteiger partial charge in [-0.1, -0.05) is 18.1 Å². The average Bonchev–Trinajstić information content (AvgIpc) is 3.54. The van der Waals surface area contributed by atoms with E-state index in [9.17, 15) is 9.59 Å². The van der Waals surface area contributed by atoms with Crippen LogP contribution >= 0.6 is 0 Å². The standard InChI is InChI=1S/C26H28N4O4/c1-3-16-6-8-19-18(15-16)7-9-20-23(19)28-24(27-20)21-5-4-12-30(21)25(31)22(29-26(32)33-2)17-10-13-34-14-11-17/h1,6-9,15,17,21-22H,4-5,10-14H2,2H3,(H,27,28)(H,29,32)/t21-,22-/m0/s1. The number of amides is 2. The largest absolute Gasteiger partial charge is 0.453 e. The van der Waals surface area contributed by atoms with Crippen molar-refractivity contribution in [2.24, 2.45) is 5.92 Å². The summed E-state index contributed by atoms with van der Waals surface area (Å²) < 4.78 is 10.3. The molecule has 1 aromatic heterocycles. The van der Waals surface area contributed by atoms with E-state index in [0.717, 1.165) is 58.9 Å². The number of terminal acetylenes is 1. The molecule has 176 valence electrons. The molecule has 0 bridgehead atoms. The Balaban J connectivity index is 1.46. The predicted molar refractivity (Wildman–Crippen MR) is 128 cm³/mol. The van der Waals surface area contributed by atoms with Gasteiger partial charge in [0.05, 0.1) is 24.2 Å². The van der Waals surface area contributed by atoms with Gasteiger partial charge in [-0.15, -0.1) is 6.42 Å². The third kappa shape index (κ3) is 4.08. The number of benzene rings is 2. The van der Waals surface area contributed by atoms with E-state index in [4.69, 9.17) is 20.9 Å². The molecule has 8 nitrogen and oxygen atoms in total. The number of imidazole rings is 1. The molecule has 0 unspecified atom stereocenters. The minimum absolute atomic E-state index is 0.00608. The number of alkyl carbamates (subject to hydrolysis) is 1. The highest BCUT2D eigenvalue weighted by Gasteiger charge is 2.40. The Morgan fingerprint density at radius 3 is 2.85 bits per heavy atom. The van der Waals surface area contributed by atoms with Crippen LogP contribution in [0, 0.1) is 18.3 Å². The molecule has 2 atom stereocenters. The van der Waals surface area contributed by atoms with E-state index in [1.165, 1.54) is 7.11 Å². The SMILES string of the molecule is C#Cc1ccc2c(ccc3nc([C@@H]4CCCN4C(=O)[C@@H](NC(=O)OC)C4CCOCC4)[nH]c32)c1. The molecule has 3 heterocycles. The van der Waals surface area contributed by atoms with Gasteiger partial charge in [0, 0.05) is 30.7 Å². The van der Waals surface area contributed by atoms with Gasteiger partial charge in [0.15, 0.2) is 0 Å². The Morgan fingerprint density at radius 1 is 1.26 bits per heavy atom. The highest BCUT2D eigenvalue weighted by atomic mass is 16.5. The summed E-state index contributed by atoms with van der Waals surface area (Å²) in [7, 11) is 1.31. The Labute approximate surface area is 198 Å². The first kappa shape index (κ1) is 22.2. The Kier molecular flexibility index (Phi) is 6.12. The van der Waals surface area contributed by atoms with Crippen LogP contribution < -0.4 is 5.32 Å². The third-order valence-electron chi connectivity index (χ3n) is 6.97. The maximum atomic E-state index is 13.7. The predicted octanol–water partition coefficient (Wildman–Crippen LogP) is 3.51. The van der Waals surface area contributed by atoms with Crippen LogP contribution in [0.4, 0.5) is 4.79 Å². The van der Waals surface area contributed by atoms with E-state index in [1.54, 1.807) is 0 Å². The average molecular weight is 461 g/mol. The number of nitrogens with one attached hydrogen (secondary N) is 2. The van der Waals surface area contributed by atoms with Crippen molar-refractivity contribution in [1.29, 1.82) is 0 Å². The van der Waals surface area contributed by atoms with E-state index < -0.39 is 12.1 Å². The van der Waals surface area contributed by atoms with Gasteiger partial charge in [-0.05, 0) is 55.2 Å². The number of methoxy groups -OCH3 is 1. The van der Waals surface area contributed by atoms with Crippen molar-refractivity contribution in [3.8, 4) is 12.3 Å². The van der Waals surface area contributed by atoms with Gasteiger partial charge >= 0.3 is 6.09 Å². The van der Waals surface area contributed by atoms with Crippen molar-refractivity contribution in [1.82, 2.24) is 20.2 Å². The first-order valence-electron chi connectivity index (χ1n) is 11.7. The fraction of sp³-hybridized carbons (Fsp3) is 0.423. The second-order valence-electron chi connectivity index (χ2n) is 8.92. The number of carbonyl (C=O) groups is 2. The van der Waals surface area contributed by atoms with Crippen molar-refractivity contribution < 1.29 is 19.1 Å². The number of nitrogens with zero attached hydrogens (tertiary/aromatic N) is 2. The number of hydrogen-bond acceptors (Lipinski definition) is 5. The monoisotopic (exact) mass is 460 g/mol. The molecule has 0 spiro atoms. The summed E-state index contributed by atoms with van der Waals surface area (Å²) in [6.45, 7) is 1.78. The van der Waals surface area contributed by atoms with Gasteiger partial charge in [0.2, 0.25) is 5.91 Å². The zero-order valence-electron chi connectivity index (χ0n) is 19.2. The molecular weight excluding hydrogens is 432 g/mol. The number of ether oxygens (including phenoxy) is 2. The maximum Gasteiger partial charge on any atom is 0.407 e. The first-order chi connectivity index (χ1) is 16.6. The first-order valence-corrected chi connectivity index (χ1v) is 11.7. The van der Waals surface area contributed by atoms with Crippen molar-refractivity contribution in [2.45, 2.75) is 37.8 Å². The number of hydrogen-bond donors (Lipinski definition) is 2. The van der Waals surface area contributed by atoms with Crippen molar-refractivity contribution in [3.05, 3.63) is 41.7 Å². The lowest BCUT2D eigenvalue weighted by Gasteiger charge is -2.34. The number of rotatable bonds is 4. The van der Waals surface area contributed by atoms with Crippen LogP contribution in [0.3, 0.4) is 0 Å². The zero-order valence-corrected chi connectivity index (χ0v) is 19.2. The van der Waals surface area contributed by atoms with Gasteiger partial charge in [0.25, 0.3) is 0 Å². The topological polar surface area (TPSA) is 96.6 Å². The van der Waals surface area contributed by atoms with Crippen LogP contribution in [0.15, 0.2) is 30.3 Å². The molecule has 0 aliphatic carbocycles. The quantitative estimate of drug-likeness (QED) is 0.581. The highest BCUT2D eigenvalue weighted by molar-refractivity contribution is 6.04. The molecule has 2 fully saturated rings. The van der Waals surface area contributed by atoms with Gasteiger partial charge in [-0.2, -0.15) is 0 Å². The molecule has 2 N–H and O–H groups in total. The molecule has 0 saturated carbocycles. The van der Waals surface area contributed by atoms with Crippen molar-refractivity contribution >= 4 is 33.8 Å². The van der Waals surface area contributed by atoms with E-state index in [-0.39, 0.29) is 17.9 Å². The Bertz CT molecular complexity index is 1270. The van der Waals surface area contributed by atoms with Gasteiger partial charge in [-0.3, -0.25) is 4.79 Å². The van der Waals surface area contributed by atoms with Crippen LogP contribution in [0.25, 0.3) is 21.8 Å². The summed E-state index contributed by atoms with van der Waals surface area (Å²) in [4.78, 5) is 36.0. The van der Waals surface area contributed by atoms with Crippen LogP contribution in [0.5, 0.6) is 0 Å². The summed E-state index contributed by atoms with van der Waals surface area (Å²) in [6.07, 6.45) is 8.07. The number of aromatic amines is 1. The smallest absolute Gasteiger partial charge is 0.407 e. The van der Waals surface area contributed by atoms with E-state index in [0.29, 0.717) is 19.8 Å². The van der Waals surface area contributed by atoms with Crippen LogP contribution in [0.2, 0.25) is 0 Å². The Morgan fingerprint density at radius 2 is 2.09 bits per heavy atom. The maximum absolute atomic E-state index is 13.7. The molecule has 5 rings (SSSR count). The summed E-state index contributed by atoms with van der Waals surface area (Å²) in [5.41, 5.74) is 2.62. The molecular formula is C26H28N4O4. The number of fused-ring (bicyclic) bond motifs is 3. The van der Waals surface area contributed by atoms with Crippen LogP contribution in [-0.2, 0) is 14.3 Å².